The minimum atomic E-state index is -3.73. The van der Waals surface area contributed by atoms with Gasteiger partial charge in [-0.2, -0.15) is 0 Å². The average molecular weight is 539 g/mol. The number of carbonyl (C=O) groups excluding carboxylic acids is 2. The maximum absolute atomic E-state index is 13.4. The van der Waals surface area contributed by atoms with Crippen LogP contribution in [0.1, 0.15) is 38.8 Å². The molecule has 2 aromatic rings. The summed E-state index contributed by atoms with van der Waals surface area (Å²) in [4.78, 5) is 27.6. The SMILES string of the molecule is CCc1ccc(N(CC(=O)N(Cc2ccc(Br)cc2)[C@@H](C)C(=O)NC(C)C)S(C)(=O)=O)cc1. The van der Waals surface area contributed by atoms with Crippen molar-refractivity contribution in [3.63, 3.8) is 0 Å². The fourth-order valence-electron chi connectivity index (χ4n) is 3.29. The van der Waals surface area contributed by atoms with E-state index in [9.17, 15) is 18.0 Å². The van der Waals surface area contributed by atoms with Crippen molar-refractivity contribution in [1.29, 1.82) is 0 Å². The number of carbonyl (C=O) groups is 2. The van der Waals surface area contributed by atoms with Crippen molar-refractivity contribution < 1.29 is 18.0 Å². The van der Waals surface area contributed by atoms with Crippen molar-refractivity contribution in [1.82, 2.24) is 10.2 Å². The third-order valence-corrected chi connectivity index (χ3v) is 6.85. The summed E-state index contributed by atoms with van der Waals surface area (Å²) in [5.74, 6) is -0.761. The van der Waals surface area contributed by atoms with Crippen LogP contribution in [0, 0.1) is 0 Å². The van der Waals surface area contributed by atoms with Gasteiger partial charge in [0.25, 0.3) is 0 Å². The fraction of sp³-hybridized carbons (Fsp3) is 0.417. The Balaban J connectivity index is 2.36. The third kappa shape index (κ3) is 7.85. The summed E-state index contributed by atoms with van der Waals surface area (Å²) in [5, 5.41) is 2.83. The first kappa shape index (κ1) is 26.9. The van der Waals surface area contributed by atoms with E-state index < -0.39 is 28.5 Å². The lowest BCUT2D eigenvalue weighted by molar-refractivity contribution is -0.139. The molecule has 7 nitrogen and oxygen atoms in total. The van der Waals surface area contributed by atoms with Crippen molar-refractivity contribution in [3.8, 4) is 0 Å². The van der Waals surface area contributed by atoms with E-state index in [1.54, 1.807) is 19.1 Å². The fourth-order valence-corrected chi connectivity index (χ4v) is 4.40. The van der Waals surface area contributed by atoms with Crippen LogP contribution in [0.2, 0.25) is 0 Å². The number of halogens is 1. The van der Waals surface area contributed by atoms with Crippen LogP contribution in [0.4, 0.5) is 5.69 Å². The maximum Gasteiger partial charge on any atom is 0.244 e. The van der Waals surface area contributed by atoms with Gasteiger partial charge >= 0.3 is 0 Å². The summed E-state index contributed by atoms with van der Waals surface area (Å²) < 4.78 is 27.1. The van der Waals surface area contributed by atoms with Gasteiger partial charge in [-0.3, -0.25) is 13.9 Å². The second kappa shape index (κ2) is 11.7. The number of nitrogens with zero attached hydrogens (tertiary/aromatic N) is 2. The predicted octanol–water partition coefficient (Wildman–Crippen LogP) is 3.72. The number of amides is 2. The van der Waals surface area contributed by atoms with Gasteiger partial charge in [0.05, 0.1) is 11.9 Å². The lowest BCUT2D eigenvalue weighted by Gasteiger charge is -2.32. The predicted molar refractivity (Wildman–Crippen MR) is 135 cm³/mol. The van der Waals surface area contributed by atoms with Crippen molar-refractivity contribution in [2.45, 2.75) is 52.7 Å². The van der Waals surface area contributed by atoms with Gasteiger partial charge in [-0.05, 0) is 62.6 Å². The molecule has 180 valence electrons. The Hall–Kier alpha value is -2.39. The molecule has 0 saturated heterocycles. The second-order valence-corrected chi connectivity index (χ2v) is 11.1. The standard InChI is InChI=1S/C24H32BrN3O4S/c1-6-19-9-13-22(14-10-19)28(33(5,31)32)16-23(29)27(18(4)24(30)26-17(2)3)15-20-7-11-21(25)12-8-20/h7-14,17-18H,6,15-16H2,1-5H3,(H,26,30)/t18-/m0/s1. The number of hydrogen-bond acceptors (Lipinski definition) is 4. The molecule has 0 fully saturated rings. The van der Waals surface area contributed by atoms with E-state index in [4.69, 9.17) is 0 Å². The normalized spacial score (nSPS) is 12.3. The number of aryl methyl sites for hydroxylation is 1. The summed E-state index contributed by atoms with van der Waals surface area (Å²) in [6.07, 6.45) is 1.89. The molecule has 0 unspecified atom stereocenters. The van der Waals surface area contributed by atoms with E-state index >= 15 is 0 Å². The Bertz CT molecular complexity index is 1050. The van der Waals surface area contributed by atoms with Gasteiger partial charge in [0.1, 0.15) is 12.6 Å². The molecule has 0 aliphatic heterocycles. The largest absolute Gasteiger partial charge is 0.352 e. The van der Waals surface area contributed by atoms with Crippen LogP contribution >= 0.6 is 15.9 Å². The van der Waals surface area contributed by atoms with Gasteiger partial charge in [0, 0.05) is 17.1 Å². The highest BCUT2D eigenvalue weighted by Gasteiger charge is 2.30. The molecule has 0 aliphatic carbocycles. The number of rotatable bonds is 10. The first-order chi connectivity index (χ1) is 15.4. The molecule has 0 radical (unpaired) electrons. The summed E-state index contributed by atoms with van der Waals surface area (Å²) in [5.41, 5.74) is 2.30. The molecule has 2 aromatic carbocycles. The van der Waals surface area contributed by atoms with Gasteiger partial charge in [-0.1, -0.05) is 47.1 Å². The first-order valence-corrected chi connectivity index (χ1v) is 13.5. The van der Waals surface area contributed by atoms with Crippen LogP contribution in [0.25, 0.3) is 0 Å². The molecule has 1 N–H and O–H groups in total. The van der Waals surface area contributed by atoms with Crippen molar-refractivity contribution in [3.05, 3.63) is 64.1 Å². The highest BCUT2D eigenvalue weighted by Crippen LogP contribution is 2.20. The first-order valence-electron chi connectivity index (χ1n) is 10.8. The van der Waals surface area contributed by atoms with Crippen LogP contribution in [0.5, 0.6) is 0 Å². The van der Waals surface area contributed by atoms with E-state index in [1.165, 1.54) is 4.90 Å². The summed E-state index contributed by atoms with van der Waals surface area (Å²) in [6, 6.07) is 13.6. The molecule has 0 saturated carbocycles. The molecule has 0 aromatic heterocycles. The quantitative estimate of drug-likeness (QED) is 0.500. The highest BCUT2D eigenvalue weighted by atomic mass is 79.9. The smallest absolute Gasteiger partial charge is 0.244 e. The Labute approximate surface area is 205 Å². The number of anilines is 1. The zero-order valence-electron chi connectivity index (χ0n) is 19.7. The second-order valence-electron chi connectivity index (χ2n) is 8.28. The molecular weight excluding hydrogens is 506 g/mol. The van der Waals surface area contributed by atoms with Gasteiger partial charge in [-0.25, -0.2) is 8.42 Å². The van der Waals surface area contributed by atoms with E-state index in [0.717, 1.165) is 32.6 Å². The Morgan fingerprint density at radius 1 is 0.970 bits per heavy atom. The van der Waals surface area contributed by atoms with Crippen LogP contribution in [0.3, 0.4) is 0 Å². The maximum atomic E-state index is 13.4. The Kier molecular flexibility index (Phi) is 9.48. The third-order valence-electron chi connectivity index (χ3n) is 5.18. The number of sulfonamides is 1. The zero-order chi connectivity index (χ0) is 24.8. The summed E-state index contributed by atoms with van der Waals surface area (Å²) >= 11 is 3.39. The molecule has 2 amide bonds. The minimum absolute atomic E-state index is 0.0887. The molecule has 1 atom stereocenters. The summed E-state index contributed by atoms with van der Waals surface area (Å²) in [6.45, 7) is 7.12. The minimum Gasteiger partial charge on any atom is -0.352 e. The van der Waals surface area contributed by atoms with Gasteiger partial charge in [0.15, 0.2) is 0 Å². The number of benzene rings is 2. The van der Waals surface area contributed by atoms with Crippen LogP contribution < -0.4 is 9.62 Å². The number of nitrogens with one attached hydrogen (secondary N) is 1. The molecule has 0 spiro atoms. The molecular formula is C24H32BrN3O4S. The van der Waals surface area contributed by atoms with Crippen LogP contribution in [0.15, 0.2) is 53.0 Å². The average Bonchev–Trinajstić information content (AvgIpc) is 2.75. The van der Waals surface area contributed by atoms with Crippen molar-refractivity contribution in [2.75, 3.05) is 17.1 Å². The number of hydrogen-bond donors (Lipinski definition) is 1. The molecule has 2 rings (SSSR count). The molecule has 0 aliphatic rings. The van der Waals surface area contributed by atoms with E-state index in [-0.39, 0.29) is 18.5 Å². The monoisotopic (exact) mass is 537 g/mol. The topological polar surface area (TPSA) is 86.8 Å². The van der Waals surface area contributed by atoms with Gasteiger partial charge < -0.3 is 10.2 Å². The summed E-state index contributed by atoms with van der Waals surface area (Å²) in [7, 11) is -3.73. The Morgan fingerprint density at radius 2 is 1.52 bits per heavy atom. The molecule has 33 heavy (non-hydrogen) atoms. The van der Waals surface area contributed by atoms with Crippen molar-refractivity contribution >= 4 is 43.5 Å². The zero-order valence-corrected chi connectivity index (χ0v) is 22.1. The van der Waals surface area contributed by atoms with Crippen molar-refractivity contribution in [2.24, 2.45) is 0 Å². The van der Waals surface area contributed by atoms with E-state index in [2.05, 4.69) is 21.2 Å². The molecule has 0 heterocycles. The lowest BCUT2D eigenvalue weighted by Crippen LogP contribution is -2.52. The van der Waals surface area contributed by atoms with Gasteiger partial charge in [0.2, 0.25) is 21.8 Å². The van der Waals surface area contributed by atoms with Gasteiger partial charge in [-0.15, -0.1) is 0 Å². The lowest BCUT2D eigenvalue weighted by atomic mass is 10.1. The molecule has 0 bridgehead atoms. The van der Waals surface area contributed by atoms with Crippen LogP contribution in [-0.4, -0.2) is 50.0 Å². The molecule has 9 heteroatoms. The Morgan fingerprint density at radius 3 is 2.00 bits per heavy atom. The highest BCUT2D eigenvalue weighted by molar-refractivity contribution is 9.10. The van der Waals surface area contributed by atoms with E-state index in [1.807, 2.05) is 57.2 Å². The van der Waals surface area contributed by atoms with E-state index in [0.29, 0.717) is 5.69 Å². The van der Waals surface area contributed by atoms with Crippen LogP contribution in [-0.2, 0) is 32.6 Å².